The molecule has 174 valence electrons. The number of nitrogen functional groups attached to an aromatic ring is 1. The third-order valence-electron chi connectivity index (χ3n) is 4.72. The summed E-state index contributed by atoms with van der Waals surface area (Å²) in [5, 5.41) is 19.2. The van der Waals surface area contributed by atoms with Crippen LogP contribution in [-0.4, -0.2) is 37.4 Å². The number of hydrogen-bond donors (Lipinski definition) is 2. The van der Waals surface area contributed by atoms with E-state index in [1.165, 1.54) is 23.0 Å². The van der Waals surface area contributed by atoms with Crippen molar-refractivity contribution < 1.29 is 18.6 Å². The summed E-state index contributed by atoms with van der Waals surface area (Å²) in [7, 11) is 0. The zero-order valence-corrected chi connectivity index (χ0v) is 18.2. The van der Waals surface area contributed by atoms with Gasteiger partial charge in [-0.05, 0) is 52.1 Å². The van der Waals surface area contributed by atoms with Crippen molar-refractivity contribution in [3.05, 3.63) is 76.9 Å². The van der Waals surface area contributed by atoms with Crippen LogP contribution in [0.15, 0.2) is 58.3 Å². The Morgan fingerprint density at radius 1 is 1.26 bits per heavy atom. The van der Waals surface area contributed by atoms with E-state index in [1.54, 1.807) is 36.4 Å². The van der Waals surface area contributed by atoms with Crippen molar-refractivity contribution in [2.24, 2.45) is 5.10 Å². The van der Waals surface area contributed by atoms with Gasteiger partial charge in [0.25, 0.3) is 5.91 Å². The summed E-state index contributed by atoms with van der Waals surface area (Å²) in [6.45, 7) is 2.24. The Kier molecular flexibility index (Phi) is 6.87. The standard InChI is InChI=1S/C22H21FN8O3/c1-2-4-18-19(26-30-31(18)21-20(24)28-34-29-21)22(32)27-25-12-15-5-3-6-17(11-15)33-13-14-7-9-16(23)10-8-14/h3,5-12H,2,4,13H2,1H3,(H2,24,28)(H,27,32)/b25-12+. The van der Waals surface area contributed by atoms with Crippen molar-refractivity contribution in [2.45, 2.75) is 26.4 Å². The topological polar surface area (TPSA) is 146 Å². The molecular weight excluding hydrogens is 443 g/mol. The average Bonchev–Trinajstić information content (AvgIpc) is 3.45. The highest BCUT2D eigenvalue weighted by molar-refractivity contribution is 5.94. The number of halogens is 1. The fraction of sp³-hybridized carbons (Fsp3) is 0.182. The number of ether oxygens (including phenoxy) is 1. The Morgan fingerprint density at radius 3 is 2.82 bits per heavy atom. The molecule has 11 nitrogen and oxygen atoms in total. The smallest absolute Gasteiger partial charge is 0.293 e. The van der Waals surface area contributed by atoms with Gasteiger partial charge < -0.3 is 10.5 Å². The monoisotopic (exact) mass is 464 g/mol. The largest absolute Gasteiger partial charge is 0.489 e. The van der Waals surface area contributed by atoms with Gasteiger partial charge in [-0.15, -0.1) is 5.10 Å². The van der Waals surface area contributed by atoms with Crippen LogP contribution in [0, 0.1) is 5.82 Å². The van der Waals surface area contributed by atoms with Crippen LogP contribution in [0.4, 0.5) is 10.2 Å². The number of carbonyl (C=O) groups excluding carboxylic acids is 1. The van der Waals surface area contributed by atoms with Crippen molar-refractivity contribution in [1.29, 1.82) is 0 Å². The van der Waals surface area contributed by atoms with Crippen LogP contribution in [0.3, 0.4) is 0 Å². The summed E-state index contributed by atoms with van der Waals surface area (Å²) in [5.74, 6) is -0.0337. The third-order valence-corrected chi connectivity index (χ3v) is 4.72. The Balaban J connectivity index is 1.41. The fourth-order valence-corrected chi connectivity index (χ4v) is 3.10. The minimum absolute atomic E-state index is 0.0359. The predicted octanol–water partition coefficient (Wildman–Crippen LogP) is 2.67. The maximum Gasteiger partial charge on any atom is 0.293 e. The lowest BCUT2D eigenvalue weighted by molar-refractivity contribution is 0.0949. The van der Waals surface area contributed by atoms with Gasteiger partial charge in [0.05, 0.1) is 11.9 Å². The van der Waals surface area contributed by atoms with Gasteiger partial charge >= 0.3 is 0 Å². The SMILES string of the molecule is CCCc1c(C(=O)N/N=C/c2cccc(OCc3ccc(F)cc3)c2)nnn1-c1nonc1N. The highest BCUT2D eigenvalue weighted by atomic mass is 19.1. The summed E-state index contributed by atoms with van der Waals surface area (Å²) in [6, 6.07) is 13.2. The van der Waals surface area contributed by atoms with Gasteiger partial charge in [0, 0.05) is 0 Å². The number of aromatic nitrogens is 5. The normalized spacial score (nSPS) is 11.1. The molecule has 0 bridgehead atoms. The molecule has 0 fully saturated rings. The van der Waals surface area contributed by atoms with Gasteiger partial charge in [-0.2, -0.15) is 9.78 Å². The van der Waals surface area contributed by atoms with Crippen molar-refractivity contribution in [2.75, 3.05) is 5.73 Å². The van der Waals surface area contributed by atoms with E-state index in [0.717, 1.165) is 12.0 Å². The summed E-state index contributed by atoms with van der Waals surface area (Å²) < 4.78 is 24.7. The molecule has 2 aromatic carbocycles. The fourth-order valence-electron chi connectivity index (χ4n) is 3.10. The van der Waals surface area contributed by atoms with E-state index in [4.69, 9.17) is 10.5 Å². The number of rotatable bonds is 9. The zero-order valence-electron chi connectivity index (χ0n) is 18.2. The van der Waals surface area contributed by atoms with E-state index >= 15 is 0 Å². The van der Waals surface area contributed by atoms with Crippen LogP contribution in [0.25, 0.3) is 5.82 Å². The first kappa shape index (κ1) is 22.6. The molecule has 0 radical (unpaired) electrons. The second-order valence-corrected chi connectivity index (χ2v) is 7.21. The molecule has 4 aromatic rings. The molecule has 12 heteroatoms. The number of hydrazone groups is 1. The second kappa shape index (κ2) is 10.3. The molecule has 0 aliphatic heterocycles. The maximum absolute atomic E-state index is 13.0. The molecule has 0 aliphatic carbocycles. The zero-order chi connectivity index (χ0) is 23.9. The molecule has 0 unspecified atom stereocenters. The molecule has 2 heterocycles. The van der Waals surface area contributed by atoms with Crippen LogP contribution < -0.4 is 15.9 Å². The average molecular weight is 464 g/mol. The van der Waals surface area contributed by atoms with E-state index < -0.39 is 5.91 Å². The van der Waals surface area contributed by atoms with Crippen molar-refractivity contribution in [3.63, 3.8) is 0 Å². The van der Waals surface area contributed by atoms with Crippen LogP contribution >= 0.6 is 0 Å². The van der Waals surface area contributed by atoms with Crippen LogP contribution in [0.1, 0.15) is 40.7 Å². The Morgan fingerprint density at radius 2 is 2.09 bits per heavy atom. The van der Waals surface area contributed by atoms with Crippen molar-refractivity contribution >= 4 is 17.9 Å². The molecule has 0 spiro atoms. The molecule has 4 rings (SSSR count). The minimum atomic E-state index is -0.537. The van der Waals surface area contributed by atoms with Gasteiger partial charge in [-0.1, -0.05) is 42.8 Å². The number of hydrogen-bond acceptors (Lipinski definition) is 9. The second-order valence-electron chi connectivity index (χ2n) is 7.21. The molecule has 34 heavy (non-hydrogen) atoms. The number of carbonyl (C=O) groups is 1. The first-order chi connectivity index (χ1) is 16.5. The van der Waals surface area contributed by atoms with E-state index in [-0.39, 0.29) is 23.1 Å². The van der Waals surface area contributed by atoms with Gasteiger partial charge in [0.1, 0.15) is 18.2 Å². The van der Waals surface area contributed by atoms with E-state index in [2.05, 4.69) is 35.8 Å². The summed E-state index contributed by atoms with van der Waals surface area (Å²) in [6.07, 6.45) is 2.71. The Labute approximate surface area is 193 Å². The third kappa shape index (κ3) is 5.23. The highest BCUT2D eigenvalue weighted by Crippen LogP contribution is 2.17. The van der Waals surface area contributed by atoms with E-state index in [9.17, 15) is 9.18 Å². The number of nitrogens with zero attached hydrogens (tertiary/aromatic N) is 6. The lowest BCUT2D eigenvalue weighted by atomic mass is 10.2. The maximum atomic E-state index is 13.0. The van der Waals surface area contributed by atoms with Gasteiger partial charge in [0.15, 0.2) is 5.69 Å². The number of nitrogens with one attached hydrogen (secondary N) is 1. The lowest BCUT2D eigenvalue weighted by Gasteiger charge is -2.07. The first-order valence-electron chi connectivity index (χ1n) is 10.4. The molecule has 0 saturated heterocycles. The lowest BCUT2D eigenvalue weighted by Crippen LogP contribution is -2.20. The number of nitrogens with two attached hydrogens (primary N) is 1. The van der Waals surface area contributed by atoms with Crippen LogP contribution in [-0.2, 0) is 13.0 Å². The highest BCUT2D eigenvalue weighted by Gasteiger charge is 2.23. The molecule has 3 N–H and O–H groups in total. The van der Waals surface area contributed by atoms with Gasteiger partial charge in [-0.3, -0.25) is 4.79 Å². The van der Waals surface area contributed by atoms with Crippen LogP contribution in [0.2, 0.25) is 0 Å². The Bertz CT molecular complexity index is 1300. The molecule has 0 aliphatic rings. The molecule has 0 saturated carbocycles. The molecule has 1 amide bonds. The van der Waals surface area contributed by atoms with Crippen molar-refractivity contribution in [1.82, 2.24) is 30.7 Å². The number of benzene rings is 2. The summed E-state index contributed by atoms with van der Waals surface area (Å²) >= 11 is 0. The van der Waals surface area contributed by atoms with E-state index in [0.29, 0.717) is 30.0 Å². The predicted molar refractivity (Wildman–Crippen MR) is 120 cm³/mol. The minimum Gasteiger partial charge on any atom is -0.489 e. The van der Waals surface area contributed by atoms with Gasteiger partial charge in [-0.25, -0.2) is 14.4 Å². The van der Waals surface area contributed by atoms with E-state index in [1.807, 2.05) is 6.92 Å². The molecular formula is C22H21FN8O3. The Hall–Kier alpha value is -4.61. The summed E-state index contributed by atoms with van der Waals surface area (Å²) in [5.41, 5.74) is 10.3. The van der Waals surface area contributed by atoms with Gasteiger partial charge in [0.2, 0.25) is 11.6 Å². The number of amides is 1. The first-order valence-corrected chi connectivity index (χ1v) is 10.4. The quantitative estimate of drug-likeness (QED) is 0.284. The van der Waals surface area contributed by atoms with Crippen LogP contribution in [0.5, 0.6) is 5.75 Å². The number of anilines is 1. The summed E-state index contributed by atoms with van der Waals surface area (Å²) in [4.78, 5) is 12.7. The van der Waals surface area contributed by atoms with Crippen molar-refractivity contribution in [3.8, 4) is 11.6 Å². The molecule has 0 atom stereocenters. The molecule has 2 aromatic heterocycles.